The largest absolute Gasteiger partial charge is 0.356 e. The van der Waals surface area contributed by atoms with Crippen molar-refractivity contribution in [2.45, 2.75) is 32.7 Å². The van der Waals surface area contributed by atoms with Crippen LogP contribution in [-0.4, -0.2) is 36.3 Å². The zero-order chi connectivity index (χ0) is 20.8. The van der Waals surface area contributed by atoms with E-state index >= 15 is 0 Å². The summed E-state index contributed by atoms with van der Waals surface area (Å²) in [6, 6.07) is 15.1. The maximum atomic E-state index is 13.3. The van der Waals surface area contributed by atoms with Gasteiger partial charge in [-0.2, -0.15) is 0 Å². The molecule has 1 aliphatic rings. The van der Waals surface area contributed by atoms with Crippen molar-refractivity contribution >= 4 is 29.1 Å². The molecule has 0 radical (unpaired) electrons. The van der Waals surface area contributed by atoms with E-state index in [2.05, 4.69) is 15.5 Å². The van der Waals surface area contributed by atoms with Crippen molar-refractivity contribution in [2.24, 2.45) is 5.92 Å². The van der Waals surface area contributed by atoms with Gasteiger partial charge in [-0.15, -0.1) is 0 Å². The fraction of sp³-hybridized carbons (Fsp3) is 0.391. The Morgan fingerprint density at radius 1 is 1.14 bits per heavy atom. The number of halogens is 1. The van der Waals surface area contributed by atoms with Crippen molar-refractivity contribution in [3.63, 3.8) is 0 Å². The van der Waals surface area contributed by atoms with Crippen LogP contribution < -0.4 is 10.6 Å². The van der Waals surface area contributed by atoms with Gasteiger partial charge in [0, 0.05) is 24.2 Å². The lowest BCUT2D eigenvalue weighted by Gasteiger charge is -2.37. The van der Waals surface area contributed by atoms with Gasteiger partial charge in [0.05, 0.1) is 0 Å². The molecule has 1 atom stereocenters. The highest BCUT2D eigenvalue weighted by atomic mass is 35.5. The second kappa shape index (κ2) is 9.90. The van der Waals surface area contributed by atoms with E-state index in [0.717, 1.165) is 37.1 Å². The molecule has 1 aliphatic heterocycles. The van der Waals surface area contributed by atoms with E-state index in [9.17, 15) is 9.59 Å². The van der Waals surface area contributed by atoms with Crippen molar-refractivity contribution < 1.29 is 9.59 Å². The van der Waals surface area contributed by atoms with Gasteiger partial charge < -0.3 is 10.6 Å². The van der Waals surface area contributed by atoms with Crippen LogP contribution in [0.15, 0.2) is 48.5 Å². The number of carbonyl (C=O) groups excluding carboxylic acids is 2. The van der Waals surface area contributed by atoms with E-state index in [1.165, 1.54) is 0 Å². The van der Waals surface area contributed by atoms with Crippen LogP contribution in [0.1, 0.15) is 36.9 Å². The first-order valence-corrected chi connectivity index (χ1v) is 10.4. The molecule has 0 aliphatic carbocycles. The number of nitrogens with one attached hydrogen (secondary N) is 2. The standard InChI is InChI=1S/C23H28ClN3O2/c1-16-8-9-20(14-21(16)24)26-23(29)22(19-6-4-3-5-7-19)27-12-10-18(11-13-27)15-25-17(2)28/h3-9,14,18,22H,10-13,15H2,1-2H3,(H,25,28)(H,26,29). The molecular formula is C23H28ClN3O2. The number of benzene rings is 2. The summed E-state index contributed by atoms with van der Waals surface area (Å²) in [5.41, 5.74) is 2.65. The molecule has 1 fully saturated rings. The third kappa shape index (κ3) is 5.81. The second-order valence-corrected chi connectivity index (χ2v) is 8.09. The normalized spacial score (nSPS) is 16.2. The smallest absolute Gasteiger partial charge is 0.246 e. The first kappa shape index (κ1) is 21.3. The summed E-state index contributed by atoms with van der Waals surface area (Å²) >= 11 is 6.22. The molecule has 0 aromatic heterocycles. The van der Waals surface area contributed by atoms with Crippen LogP contribution in [0.4, 0.5) is 5.69 Å². The third-order valence-electron chi connectivity index (χ3n) is 5.46. The predicted octanol–water partition coefficient (Wildman–Crippen LogP) is 4.18. The molecule has 1 heterocycles. The molecule has 5 nitrogen and oxygen atoms in total. The number of piperidine rings is 1. The van der Waals surface area contributed by atoms with Crippen LogP contribution >= 0.6 is 11.6 Å². The van der Waals surface area contributed by atoms with Crippen molar-refractivity contribution in [2.75, 3.05) is 25.0 Å². The molecule has 0 bridgehead atoms. The van der Waals surface area contributed by atoms with Gasteiger partial charge in [-0.25, -0.2) is 0 Å². The van der Waals surface area contributed by atoms with Crippen LogP contribution in [0.25, 0.3) is 0 Å². The Balaban J connectivity index is 1.73. The molecule has 1 unspecified atom stereocenters. The average Bonchev–Trinajstić information content (AvgIpc) is 2.71. The maximum Gasteiger partial charge on any atom is 0.246 e. The summed E-state index contributed by atoms with van der Waals surface area (Å²) in [5, 5.41) is 6.58. The Labute approximate surface area is 177 Å². The van der Waals surface area contributed by atoms with Crippen LogP contribution in [0.5, 0.6) is 0 Å². The first-order chi connectivity index (χ1) is 13.9. The van der Waals surface area contributed by atoms with E-state index in [1.54, 1.807) is 13.0 Å². The molecule has 2 aromatic carbocycles. The van der Waals surface area contributed by atoms with Gasteiger partial charge in [-0.3, -0.25) is 14.5 Å². The number of likely N-dealkylation sites (tertiary alicyclic amines) is 1. The number of carbonyl (C=O) groups is 2. The lowest BCUT2D eigenvalue weighted by atomic mass is 9.93. The van der Waals surface area contributed by atoms with Crippen molar-refractivity contribution in [3.05, 3.63) is 64.7 Å². The zero-order valence-electron chi connectivity index (χ0n) is 17.0. The van der Waals surface area contributed by atoms with Gasteiger partial charge in [0.15, 0.2) is 0 Å². The summed E-state index contributed by atoms with van der Waals surface area (Å²) in [4.78, 5) is 26.6. The van der Waals surface area contributed by atoms with E-state index < -0.39 is 0 Å². The number of hydrogen-bond donors (Lipinski definition) is 2. The number of amides is 2. The topological polar surface area (TPSA) is 61.4 Å². The number of aryl methyl sites for hydroxylation is 1. The summed E-state index contributed by atoms with van der Waals surface area (Å²) in [7, 11) is 0. The molecule has 2 amide bonds. The lowest BCUT2D eigenvalue weighted by molar-refractivity contribution is -0.122. The number of rotatable bonds is 6. The SMILES string of the molecule is CC(=O)NCC1CCN(C(C(=O)Nc2ccc(C)c(Cl)c2)c2ccccc2)CC1. The molecule has 2 N–H and O–H groups in total. The Morgan fingerprint density at radius 2 is 1.83 bits per heavy atom. The molecule has 29 heavy (non-hydrogen) atoms. The average molecular weight is 414 g/mol. The van der Waals surface area contributed by atoms with Gasteiger partial charge in [0.2, 0.25) is 11.8 Å². The summed E-state index contributed by atoms with van der Waals surface area (Å²) < 4.78 is 0. The first-order valence-electron chi connectivity index (χ1n) is 10.0. The summed E-state index contributed by atoms with van der Waals surface area (Å²) in [5.74, 6) is 0.396. The minimum Gasteiger partial charge on any atom is -0.356 e. The predicted molar refractivity (Wildman–Crippen MR) is 117 cm³/mol. The van der Waals surface area contributed by atoms with Crippen molar-refractivity contribution in [1.29, 1.82) is 0 Å². The molecule has 1 saturated heterocycles. The van der Waals surface area contributed by atoms with Crippen molar-refractivity contribution in [3.8, 4) is 0 Å². The van der Waals surface area contributed by atoms with Gasteiger partial charge in [0.1, 0.15) is 6.04 Å². The summed E-state index contributed by atoms with van der Waals surface area (Å²) in [6.07, 6.45) is 1.90. The van der Waals surface area contributed by atoms with E-state index in [-0.39, 0.29) is 17.9 Å². The van der Waals surface area contributed by atoms with Crippen molar-refractivity contribution in [1.82, 2.24) is 10.2 Å². The number of hydrogen-bond acceptors (Lipinski definition) is 3. The molecule has 3 rings (SSSR count). The third-order valence-corrected chi connectivity index (χ3v) is 5.86. The Kier molecular flexibility index (Phi) is 7.29. The number of nitrogens with zero attached hydrogens (tertiary/aromatic N) is 1. The summed E-state index contributed by atoms with van der Waals surface area (Å²) in [6.45, 7) is 5.80. The number of anilines is 1. The maximum absolute atomic E-state index is 13.3. The van der Waals surface area contributed by atoms with Gasteiger partial charge in [-0.05, 0) is 62.0 Å². The highest BCUT2D eigenvalue weighted by molar-refractivity contribution is 6.31. The molecule has 0 saturated carbocycles. The fourth-order valence-electron chi connectivity index (χ4n) is 3.75. The van der Waals surface area contributed by atoms with E-state index in [4.69, 9.17) is 11.6 Å². The van der Waals surface area contributed by atoms with Crippen LogP contribution in [0.3, 0.4) is 0 Å². The minimum absolute atomic E-state index is 0.00530. The molecule has 2 aromatic rings. The van der Waals surface area contributed by atoms with Crippen LogP contribution in [0.2, 0.25) is 5.02 Å². The van der Waals surface area contributed by atoms with E-state index in [1.807, 2.05) is 49.4 Å². The van der Waals surface area contributed by atoms with Gasteiger partial charge in [0.25, 0.3) is 0 Å². The van der Waals surface area contributed by atoms with Crippen LogP contribution in [-0.2, 0) is 9.59 Å². The molecule has 0 spiro atoms. The molecular weight excluding hydrogens is 386 g/mol. The second-order valence-electron chi connectivity index (χ2n) is 7.68. The van der Waals surface area contributed by atoms with Crippen LogP contribution in [0, 0.1) is 12.8 Å². The minimum atomic E-state index is -0.363. The Hall–Kier alpha value is -2.37. The fourth-order valence-corrected chi connectivity index (χ4v) is 3.93. The van der Waals surface area contributed by atoms with Gasteiger partial charge in [-0.1, -0.05) is 48.0 Å². The quantitative estimate of drug-likeness (QED) is 0.746. The molecule has 6 heteroatoms. The Bertz CT molecular complexity index is 848. The highest BCUT2D eigenvalue weighted by Crippen LogP contribution is 2.29. The van der Waals surface area contributed by atoms with E-state index in [0.29, 0.717) is 23.2 Å². The highest BCUT2D eigenvalue weighted by Gasteiger charge is 2.31. The molecule has 154 valence electrons. The zero-order valence-corrected chi connectivity index (χ0v) is 17.7. The van der Waals surface area contributed by atoms with Gasteiger partial charge >= 0.3 is 0 Å². The monoisotopic (exact) mass is 413 g/mol. The Morgan fingerprint density at radius 3 is 2.45 bits per heavy atom. The lowest BCUT2D eigenvalue weighted by Crippen LogP contribution is -2.43.